The lowest BCUT2D eigenvalue weighted by Crippen LogP contribution is -2.56. The van der Waals surface area contributed by atoms with Gasteiger partial charge in [0.25, 0.3) is 0 Å². The van der Waals surface area contributed by atoms with Crippen molar-refractivity contribution in [3.63, 3.8) is 0 Å². The highest BCUT2D eigenvalue weighted by molar-refractivity contribution is 5.94. The second-order valence-electron chi connectivity index (χ2n) is 6.51. The quantitative estimate of drug-likeness (QED) is 0.682. The Bertz CT molecular complexity index is 1060. The van der Waals surface area contributed by atoms with Crippen LogP contribution in [0.3, 0.4) is 0 Å². The Morgan fingerprint density at radius 3 is 2.11 bits per heavy atom. The van der Waals surface area contributed by atoms with E-state index >= 15 is 0 Å². The van der Waals surface area contributed by atoms with Crippen LogP contribution in [0.1, 0.15) is 12.0 Å². The number of fused-ring (bicyclic) bond motifs is 1. The van der Waals surface area contributed by atoms with Crippen LogP contribution in [0.15, 0.2) is 64.0 Å². The number of anilines is 1. The van der Waals surface area contributed by atoms with Crippen LogP contribution in [-0.2, 0) is 30.8 Å². The maximum Gasteiger partial charge on any atom is 0.337 e. The maximum absolute atomic E-state index is 12.9. The minimum absolute atomic E-state index is 0.0597. The zero-order valence-corrected chi connectivity index (χ0v) is 15.5. The first kappa shape index (κ1) is 19.3. The number of carbonyl (C=O) groups excluding carboxylic acids is 1. The first-order valence-electron chi connectivity index (χ1n) is 9.04. The number of benzene rings is 1. The van der Waals surface area contributed by atoms with Crippen molar-refractivity contribution in [1.82, 2.24) is 13.7 Å². The Labute approximate surface area is 161 Å². The SMILES string of the molecule is C=CCn1c(=O)n(CC=C)c(=O)n(CC(=O)N2CCCc3ccccc32)c1=O. The Kier molecular flexibility index (Phi) is 5.58. The van der Waals surface area contributed by atoms with Crippen molar-refractivity contribution in [2.45, 2.75) is 32.5 Å². The monoisotopic (exact) mass is 382 g/mol. The Morgan fingerprint density at radius 1 is 0.929 bits per heavy atom. The van der Waals surface area contributed by atoms with Crippen molar-refractivity contribution in [2.24, 2.45) is 0 Å². The second-order valence-corrected chi connectivity index (χ2v) is 6.51. The van der Waals surface area contributed by atoms with Crippen LogP contribution in [0.2, 0.25) is 0 Å². The van der Waals surface area contributed by atoms with Gasteiger partial charge in [0.2, 0.25) is 5.91 Å². The molecule has 0 fully saturated rings. The predicted molar refractivity (Wildman–Crippen MR) is 107 cm³/mol. The van der Waals surface area contributed by atoms with Gasteiger partial charge >= 0.3 is 17.1 Å². The summed E-state index contributed by atoms with van der Waals surface area (Å²) in [5.41, 5.74) is -0.558. The largest absolute Gasteiger partial charge is 0.337 e. The summed E-state index contributed by atoms with van der Waals surface area (Å²) >= 11 is 0. The summed E-state index contributed by atoms with van der Waals surface area (Å²) in [4.78, 5) is 52.3. The van der Waals surface area contributed by atoms with Gasteiger partial charge in [0, 0.05) is 12.2 Å². The lowest BCUT2D eigenvalue weighted by Gasteiger charge is -2.29. The molecule has 0 saturated carbocycles. The number of para-hydroxylation sites is 1. The van der Waals surface area contributed by atoms with Crippen LogP contribution in [0, 0.1) is 0 Å². The molecule has 1 aliphatic rings. The number of aromatic nitrogens is 3. The van der Waals surface area contributed by atoms with Crippen LogP contribution in [0.5, 0.6) is 0 Å². The van der Waals surface area contributed by atoms with Gasteiger partial charge in [-0.15, -0.1) is 13.2 Å². The van der Waals surface area contributed by atoms with Crippen LogP contribution < -0.4 is 22.0 Å². The number of aryl methyl sites for hydroxylation is 1. The van der Waals surface area contributed by atoms with E-state index in [0.717, 1.165) is 37.8 Å². The summed E-state index contributed by atoms with van der Waals surface area (Å²) in [5, 5.41) is 0. The number of rotatable bonds is 6. The van der Waals surface area contributed by atoms with Gasteiger partial charge in [0.15, 0.2) is 0 Å². The lowest BCUT2D eigenvalue weighted by molar-refractivity contribution is -0.119. The molecule has 8 heteroatoms. The zero-order valence-electron chi connectivity index (χ0n) is 15.5. The molecule has 2 heterocycles. The van der Waals surface area contributed by atoms with E-state index in [1.54, 1.807) is 4.90 Å². The first-order valence-corrected chi connectivity index (χ1v) is 9.04. The fraction of sp³-hybridized carbons (Fsp3) is 0.300. The van der Waals surface area contributed by atoms with Crippen molar-refractivity contribution >= 4 is 11.6 Å². The highest BCUT2D eigenvalue weighted by Crippen LogP contribution is 2.26. The molecule has 0 unspecified atom stereocenters. The van der Waals surface area contributed by atoms with Gasteiger partial charge in [-0.1, -0.05) is 30.4 Å². The zero-order chi connectivity index (χ0) is 20.3. The molecular formula is C20H22N4O4. The van der Waals surface area contributed by atoms with E-state index in [2.05, 4.69) is 13.2 Å². The number of amides is 1. The van der Waals surface area contributed by atoms with Crippen LogP contribution in [0.4, 0.5) is 5.69 Å². The molecule has 1 amide bonds. The molecule has 0 radical (unpaired) electrons. The molecule has 8 nitrogen and oxygen atoms in total. The fourth-order valence-electron chi connectivity index (χ4n) is 3.40. The maximum atomic E-state index is 12.9. The minimum Gasteiger partial charge on any atom is -0.311 e. The Hall–Kier alpha value is -3.42. The molecule has 0 bridgehead atoms. The van der Waals surface area contributed by atoms with E-state index in [4.69, 9.17) is 0 Å². The summed E-state index contributed by atoms with van der Waals surface area (Å²) in [6, 6.07) is 7.57. The molecule has 0 saturated heterocycles. The van der Waals surface area contributed by atoms with Crippen molar-refractivity contribution in [3.8, 4) is 0 Å². The second kappa shape index (κ2) is 8.08. The topological polar surface area (TPSA) is 86.3 Å². The number of hydrogen-bond donors (Lipinski definition) is 0. The molecular weight excluding hydrogens is 360 g/mol. The molecule has 146 valence electrons. The van der Waals surface area contributed by atoms with Crippen molar-refractivity contribution in [2.75, 3.05) is 11.4 Å². The number of allylic oxidation sites excluding steroid dienone is 2. The third kappa shape index (κ3) is 3.40. The highest BCUT2D eigenvalue weighted by Gasteiger charge is 2.24. The Balaban J connectivity index is 2.05. The summed E-state index contributed by atoms with van der Waals surface area (Å²) in [6.07, 6.45) is 4.45. The van der Waals surface area contributed by atoms with E-state index in [1.165, 1.54) is 12.2 Å². The van der Waals surface area contributed by atoms with Gasteiger partial charge in [-0.3, -0.25) is 4.79 Å². The van der Waals surface area contributed by atoms with Crippen LogP contribution in [0.25, 0.3) is 0 Å². The van der Waals surface area contributed by atoms with Gasteiger partial charge in [-0.2, -0.15) is 0 Å². The summed E-state index contributed by atoms with van der Waals surface area (Å²) in [6.45, 7) is 7.02. The van der Waals surface area contributed by atoms with Gasteiger partial charge < -0.3 is 4.90 Å². The molecule has 1 aromatic carbocycles. The van der Waals surface area contributed by atoms with Crippen LogP contribution in [-0.4, -0.2) is 26.2 Å². The average Bonchev–Trinajstić information content (AvgIpc) is 2.71. The highest BCUT2D eigenvalue weighted by atomic mass is 16.2. The van der Waals surface area contributed by atoms with E-state index in [9.17, 15) is 19.2 Å². The number of nitrogens with zero attached hydrogens (tertiary/aromatic N) is 4. The Morgan fingerprint density at radius 2 is 1.50 bits per heavy atom. The third-order valence-corrected chi connectivity index (χ3v) is 4.71. The fourth-order valence-corrected chi connectivity index (χ4v) is 3.40. The van der Waals surface area contributed by atoms with Crippen molar-refractivity contribution in [1.29, 1.82) is 0 Å². The normalized spacial score (nSPS) is 13.1. The van der Waals surface area contributed by atoms with Crippen molar-refractivity contribution in [3.05, 3.63) is 86.6 Å². The molecule has 0 spiro atoms. The molecule has 0 atom stereocenters. The van der Waals surface area contributed by atoms with Gasteiger partial charge in [0.05, 0.1) is 13.1 Å². The minimum atomic E-state index is -0.825. The summed E-state index contributed by atoms with van der Waals surface area (Å²) < 4.78 is 2.57. The number of hydrogen-bond acceptors (Lipinski definition) is 4. The van der Waals surface area contributed by atoms with E-state index in [1.807, 2.05) is 24.3 Å². The third-order valence-electron chi connectivity index (χ3n) is 4.71. The first-order chi connectivity index (χ1) is 13.5. The molecule has 0 aliphatic carbocycles. The van der Waals surface area contributed by atoms with E-state index in [0.29, 0.717) is 6.54 Å². The number of carbonyl (C=O) groups is 1. The molecule has 2 aromatic rings. The van der Waals surface area contributed by atoms with E-state index in [-0.39, 0.29) is 19.0 Å². The molecule has 1 aromatic heterocycles. The standard InChI is InChI=1S/C20H22N4O4/c1-3-11-22-18(26)23(12-4-2)20(28)24(19(22)27)14-17(25)21-13-7-9-15-8-5-6-10-16(15)21/h3-6,8,10H,1-2,7,9,11-14H2. The smallest absolute Gasteiger partial charge is 0.311 e. The van der Waals surface area contributed by atoms with Gasteiger partial charge in [-0.25, -0.2) is 28.1 Å². The average molecular weight is 382 g/mol. The molecule has 1 aliphatic heterocycles. The van der Waals surface area contributed by atoms with Gasteiger partial charge in [-0.05, 0) is 24.5 Å². The predicted octanol–water partition coefficient (Wildman–Crippen LogP) is 0.523. The molecule has 28 heavy (non-hydrogen) atoms. The molecule has 0 N–H and O–H groups in total. The van der Waals surface area contributed by atoms with Crippen LogP contribution >= 0.6 is 0 Å². The lowest BCUT2D eigenvalue weighted by atomic mass is 10.0. The van der Waals surface area contributed by atoms with Gasteiger partial charge in [0.1, 0.15) is 6.54 Å². The summed E-state index contributed by atoms with van der Waals surface area (Å²) in [5.74, 6) is -0.375. The molecule has 3 rings (SSSR count). The summed E-state index contributed by atoms with van der Waals surface area (Å²) in [7, 11) is 0. The van der Waals surface area contributed by atoms with Crippen molar-refractivity contribution < 1.29 is 4.79 Å². The van der Waals surface area contributed by atoms with E-state index < -0.39 is 23.6 Å².